The van der Waals surface area contributed by atoms with Crippen molar-refractivity contribution in [3.05, 3.63) is 29.6 Å². The molecule has 0 amide bonds. The van der Waals surface area contributed by atoms with Crippen molar-refractivity contribution < 1.29 is 9.50 Å². The minimum absolute atomic E-state index is 0.151. The lowest BCUT2D eigenvalue weighted by atomic mass is 10.1. The van der Waals surface area contributed by atoms with Crippen LogP contribution in [0.5, 0.6) is 0 Å². The highest BCUT2D eigenvalue weighted by Gasteiger charge is 2.21. The maximum Gasteiger partial charge on any atom is 0.136 e. The summed E-state index contributed by atoms with van der Waals surface area (Å²) in [6.45, 7) is 3.92. The Labute approximate surface area is 111 Å². The van der Waals surface area contributed by atoms with Gasteiger partial charge in [0, 0.05) is 32.7 Å². The molecule has 1 aromatic carbocycles. The van der Waals surface area contributed by atoms with Crippen LogP contribution in [-0.4, -0.2) is 55.2 Å². The van der Waals surface area contributed by atoms with Gasteiger partial charge in [0.1, 0.15) is 11.7 Å². The summed E-state index contributed by atoms with van der Waals surface area (Å²) in [5.41, 5.74) is 6.33. The molecule has 1 saturated heterocycles. The number of amidine groups is 1. The molecule has 1 aliphatic rings. The molecule has 0 unspecified atom stereocenters. The molecule has 2 rings (SSSR count). The summed E-state index contributed by atoms with van der Waals surface area (Å²) in [5.74, 6) is -0.700. The largest absolute Gasteiger partial charge is 0.395 e. The van der Waals surface area contributed by atoms with Crippen LogP contribution in [0.3, 0.4) is 0 Å². The second-order valence-electron chi connectivity index (χ2n) is 4.60. The third-order valence-electron chi connectivity index (χ3n) is 3.39. The Hall–Kier alpha value is -1.66. The summed E-state index contributed by atoms with van der Waals surface area (Å²) in [7, 11) is 0. The molecule has 1 heterocycles. The average Bonchev–Trinajstić information content (AvgIpc) is 2.39. The van der Waals surface area contributed by atoms with E-state index < -0.39 is 5.82 Å². The fourth-order valence-electron chi connectivity index (χ4n) is 2.40. The van der Waals surface area contributed by atoms with Crippen LogP contribution in [0.25, 0.3) is 0 Å². The molecule has 1 aromatic rings. The second-order valence-corrected chi connectivity index (χ2v) is 4.60. The third-order valence-corrected chi connectivity index (χ3v) is 3.39. The smallest absolute Gasteiger partial charge is 0.136 e. The first kappa shape index (κ1) is 13.8. The molecule has 104 valence electrons. The van der Waals surface area contributed by atoms with Crippen molar-refractivity contribution in [1.82, 2.24) is 4.90 Å². The number of anilines is 1. The number of benzene rings is 1. The summed E-state index contributed by atoms with van der Waals surface area (Å²) in [6, 6.07) is 4.75. The average molecular weight is 266 g/mol. The van der Waals surface area contributed by atoms with Gasteiger partial charge in [-0.3, -0.25) is 10.3 Å². The van der Waals surface area contributed by atoms with E-state index in [2.05, 4.69) is 4.90 Å². The molecule has 1 fully saturated rings. The van der Waals surface area contributed by atoms with Gasteiger partial charge in [0.2, 0.25) is 0 Å². The van der Waals surface area contributed by atoms with Crippen LogP contribution >= 0.6 is 0 Å². The van der Waals surface area contributed by atoms with Crippen LogP contribution in [0.15, 0.2) is 18.2 Å². The SMILES string of the molecule is N=C(N)c1c(F)cccc1N1CCN(CCO)CC1. The number of piperazine rings is 1. The molecule has 0 atom stereocenters. The minimum Gasteiger partial charge on any atom is -0.395 e. The Balaban J connectivity index is 2.15. The van der Waals surface area contributed by atoms with E-state index in [9.17, 15) is 4.39 Å². The molecule has 6 heteroatoms. The summed E-state index contributed by atoms with van der Waals surface area (Å²) >= 11 is 0. The molecule has 19 heavy (non-hydrogen) atoms. The lowest BCUT2D eigenvalue weighted by Gasteiger charge is -2.36. The van der Waals surface area contributed by atoms with E-state index >= 15 is 0 Å². The van der Waals surface area contributed by atoms with Gasteiger partial charge in [-0.1, -0.05) is 6.07 Å². The Bertz CT molecular complexity index is 458. The second kappa shape index (κ2) is 5.99. The van der Waals surface area contributed by atoms with Crippen molar-refractivity contribution >= 4 is 11.5 Å². The molecule has 5 nitrogen and oxygen atoms in total. The zero-order valence-corrected chi connectivity index (χ0v) is 10.8. The number of β-amino-alcohol motifs (C(OH)–C–C–N with tert-alkyl or cyclic N) is 1. The molecule has 0 spiro atoms. The number of rotatable bonds is 4. The summed E-state index contributed by atoms with van der Waals surface area (Å²) in [5, 5.41) is 16.4. The molecule has 4 N–H and O–H groups in total. The highest BCUT2D eigenvalue weighted by Crippen LogP contribution is 2.24. The van der Waals surface area contributed by atoms with Gasteiger partial charge in [0.15, 0.2) is 0 Å². The van der Waals surface area contributed by atoms with Gasteiger partial charge in [0.05, 0.1) is 17.9 Å². The van der Waals surface area contributed by atoms with Crippen molar-refractivity contribution in [3.63, 3.8) is 0 Å². The number of nitrogens with zero attached hydrogens (tertiary/aromatic N) is 2. The van der Waals surface area contributed by atoms with Crippen LogP contribution in [0, 0.1) is 11.2 Å². The lowest BCUT2D eigenvalue weighted by Crippen LogP contribution is -2.47. The van der Waals surface area contributed by atoms with Gasteiger partial charge in [-0.15, -0.1) is 0 Å². The summed E-state index contributed by atoms with van der Waals surface area (Å²) < 4.78 is 13.8. The number of hydrogen-bond acceptors (Lipinski definition) is 4. The monoisotopic (exact) mass is 266 g/mol. The van der Waals surface area contributed by atoms with Crippen LogP contribution in [0.1, 0.15) is 5.56 Å². The van der Waals surface area contributed by atoms with Crippen LogP contribution in [0.2, 0.25) is 0 Å². The maximum absolute atomic E-state index is 13.8. The number of halogens is 1. The summed E-state index contributed by atoms with van der Waals surface area (Å²) in [6.07, 6.45) is 0. The Morgan fingerprint density at radius 3 is 2.58 bits per heavy atom. The molecule has 0 bridgehead atoms. The number of nitrogens with two attached hydrogens (primary N) is 1. The first-order valence-electron chi connectivity index (χ1n) is 6.34. The Morgan fingerprint density at radius 2 is 2.00 bits per heavy atom. The van der Waals surface area contributed by atoms with E-state index in [0.717, 1.165) is 26.2 Å². The highest BCUT2D eigenvalue weighted by molar-refractivity contribution is 6.00. The minimum atomic E-state index is -0.456. The van der Waals surface area contributed by atoms with Gasteiger partial charge in [-0.2, -0.15) is 0 Å². The van der Waals surface area contributed by atoms with Crippen LogP contribution in [0.4, 0.5) is 10.1 Å². The van der Waals surface area contributed by atoms with E-state index in [0.29, 0.717) is 12.2 Å². The number of nitrogen functional groups attached to an aromatic ring is 1. The first-order valence-corrected chi connectivity index (χ1v) is 6.34. The number of aliphatic hydroxyl groups is 1. The predicted octanol–water partition coefficient (Wildman–Crippen LogP) is 0.224. The van der Waals surface area contributed by atoms with Gasteiger partial charge in [-0.25, -0.2) is 4.39 Å². The molecular weight excluding hydrogens is 247 g/mol. The van der Waals surface area contributed by atoms with E-state index in [-0.39, 0.29) is 18.0 Å². The van der Waals surface area contributed by atoms with Gasteiger partial charge in [-0.05, 0) is 12.1 Å². The van der Waals surface area contributed by atoms with Crippen molar-refractivity contribution in [3.8, 4) is 0 Å². The fraction of sp³-hybridized carbons (Fsp3) is 0.462. The lowest BCUT2D eigenvalue weighted by molar-refractivity contribution is 0.189. The summed E-state index contributed by atoms with van der Waals surface area (Å²) in [4.78, 5) is 4.19. The van der Waals surface area contributed by atoms with E-state index in [1.165, 1.54) is 6.07 Å². The zero-order chi connectivity index (χ0) is 13.8. The van der Waals surface area contributed by atoms with Gasteiger partial charge >= 0.3 is 0 Å². The molecule has 1 aliphatic heterocycles. The van der Waals surface area contributed by atoms with Crippen LogP contribution in [-0.2, 0) is 0 Å². The van der Waals surface area contributed by atoms with Crippen LogP contribution < -0.4 is 10.6 Å². The van der Waals surface area contributed by atoms with Crippen molar-refractivity contribution in [2.75, 3.05) is 44.2 Å². The quantitative estimate of drug-likeness (QED) is 0.538. The van der Waals surface area contributed by atoms with Gasteiger partial charge in [0.25, 0.3) is 0 Å². The number of hydrogen-bond donors (Lipinski definition) is 3. The normalized spacial score (nSPS) is 16.6. The number of aliphatic hydroxyl groups excluding tert-OH is 1. The fourth-order valence-corrected chi connectivity index (χ4v) is 2.40. The van der Waals surface area contributed by atoms with E-state index in [4.69, 9.17) is 16.2 Å². The molecule has 0 aromatic heterocycles. The van der Waals surface area contributed by atoms with Gasteiger partial charge < -0.3 is 15.7 Å². The van der Waals surface area contributed by atoms with Crippen molar-refractivity contribution in [2.24, 2.45) is 5.73 Å². The third kappa shape index (κ3) is 3.02. The highest BCUT2D eigenvalue weighted by atomic mass is 19.1. The molecule has 0 radical (unpaired) electrons. The zero-order valence-electron chi connectivity index (χ0n) is 10.8. The molecule has 0 aliphatic carbocycles. The Morgan fingerprint density at radius 1 is 1.32 bits per heavy atom. The Kier molecular flexibility index (Phi) is 4.34. The van der Waals surface area contributed by atoms with E-state index in [1.807, 2.05) is 4.90 Å². The van der Waals surface area contributed by atoms with E-state index in [1.54, 1.807) is 12.1 Å². The van der Waals surface area contributed by atoms with Crippen molar-refractivity contribution in [2.45, 2.75) is 0 Å². The number of nitrogens with one attached hydrogen (secondary N) is 1. The molecular formula is C13H19FN4O. The standard InChI is InChI=1S/C13H19FN4O/c14-10-2-1-3-11(12(10)13(15)16)18-6-4-17(5-7-18)8-9-19/h1-3,19H,4-9H2,(H3,15,16). The predicted molar refractivity (Wildman–Crippen MR) is 73.2 cm³/mol. The topological polar surface area (TPSA) is 76.6 Å². The maximum atomic E-state index is 13.8. The first-order chi connectivity index (χ1) is 9.13. The van der Waals surface area contributed by atoms with Crippen molar-refractivity contribution in [1.29, 1.82) is 5.41 Å². The molecule has 0 saturated carbocycles.